The molecule has 3 rings (SSSR count). The lowest BCUT2D eigenvalue weighted by atomic mass is 10.1. The molecule has 0 bridgehead atoms. The summed E-state index contributed by atoms with van der Waals surface area (Å²) in [6.07, 6.45) is 0. The SMILES string of the molecule is N#CC1c2ccc(Cl)c(Cl)c2C(=O)N1Cc1ccc(F)cc1. The zero-order chi connectivity index (χ0) is 15.9. The monoisotopic (exact) mass is 334 g/mol. The average molecular weight is 335 g/mol. The van der Waals surface area contributed by atoms with E-state index in [2.05, 4.69) is 6.07 Å². The van der Waals surface area contributed by atoms with E-state index in [1.54, 1.807) is 24.3 Å². The van der Waals surface area contributed by atoms with E-state index in [9.17, 15) is 14.4 Å². The summed E-state index contributed by atoms with van der Waals surface area (Å²) < 4.78 is 13.0. The van der Waals surface area contributed by atoms with Crippen LogP contribution < -0.4 is 0 Å². The van der Waals surface area contributed by atoms with E-state index in [4.69, 9.17) is 23.2 Å². The Kier molecular flexibility index (Phi) is 3.78. The van der Waals surface area contributed by atoms with Crippen LogP contribution >= 0.6 is 23.2 Å². The minimum Gasteiger partial charge on any atom is -0.314 e. The molecule has 1 atom stereocenters. The largest absolute Gasteiger partial charge is 0.314 e. The van der Waals surface area contributed by atoms with E-state index >= 15 is 0 Å². The Bertz CT molecular complexity index is 799. The molecule has 1 unspecified atom stereocenters. The Morgan fingerprint density at radius 3 is 2.50 bits per heavy atom. The van der Waals surface area contributed by atoms with E-state index in [1.165, 1.54) is 17.0 Å². The zero-order valence-electron chi connectivity index (χ0n) is 11.2. The molecule has 1 aliphatic heterocycles. The highest BCUT2D eigenvalue weighted by atomic mass is 35.5. The molecule has 0 saturated carbocycles. The molecule has 1 amide bonds. The van der Waals surface area contributed by atoms with Crippen LogP contribution in [0.5, 0.6) is 0 Å². The Balaban J connectivity index is 2.00. The predicted molar refractivity (Wildman–Crippen MR) is 81.1 cm³/mol. The van der Waals surface area contributed by atoms with E-state index < -0.39 is 6.04 Å². The number of hydrogen-bond acceptors (Lipinski definition) is 2. The fourth-order valence-electron chi connectivity index (χ4n) is 2.53. The van der Waals surface area contributed by atoms with Crippen LogP contribution in [0.1, 0.15) is 27.5 Å². The number of hydrogen-bond donors (Lipinski definition) is 0. The van der Waals surface area contributed by atoms with Gasteiger partial charge in [-0.3, -0.25) is 4.79 Å². The molecule has 0 fully saturated rings. The summed E-state index contributed by atoms with van der Waals surface area (Å²) in [6.45, 7) is 0.194. The molecule has 6 heteroatoms. The number of carbonyl (C=O) groups excluding carboxylic acids is 1. The smallest absolute Gasteiger partial charge is 0.257 e. The van der Waals surface area contributed by atoms with Crippen molar-refractivity contribution >= 4 is 29.1 Å². The van der Waals surface area contributed by atoms with Crippen molar-refractivity contribution in [3.63, 3.8) is 0 Å². The van der Waals surface area contributed by atoms with Crippen molar-refractivity contribution in [2.45, 2.75) is 12.6 Å². The highest BCUT2D eigenvalue weighted by molar-refractivity contribution is 6.44. The standard InChI is InChI=1S/C16H9Cl2FN2O/c17-12-6-5-11-13(7-20)21(16(22)14(11)15(12)18)8-9-1-3-10(19)4-2-9/h1-6,13H,8H2. The summed E-state index contributed by atoms with van der Waals surface area (Å²) in [5.74, 6) is -0.704. The molecule has 0 spiro atoms. The molecule has 1 heterocycles. The third-order valence-corrected chi connectivity index (χ3v) is 4.40. The van der Waals surface area contributed by atoms with Gasteiger partial charge >= 0.3 is 0 Å². The predicted octanol–water partition coefficient (Wildman–Crippen LogP) is 4.35. The van der Waals surface area contributed by atoms with Crippen LogP contribution in [0.2, 0.25) is 10.0 Å². The number of carbonyl (C=O) groups is 1. The number of amides is 1. The first-order valence-electron chi connectivity index (χ1n) is 6.46. The molecule has 3 nitrogen and oxygen atoms in total. The van der Waals surface area contributed by atoms with Crippen molar-refractivity contribution < 1.29 is 9.18 Å². The van der Waals surface area contributed by atoms with Crippen LogP contribution in [0.4, 0.5) is 4.39 Å². The minimum absolute atomic E-state index is 0.158. The molecule has 0 aliphatic carbocycles. The van der Waals surface area contributed by atoms with Gasteiger partial charge in [-0.25, -0.2) is 4.39 Å². The van der Waals surface area contributed by atoms with Crippen molar-refractivity contribution in [1.29, 1.82) is 5.26 Å². The number of rotatable bonds is 2. The lowest BCUT2D eigenvalue weighted by molar-refractivity contribution is 0.0744. The fourth-order valence-corrected chi connectivity index (χ4v) is 2.94. The summed E-state index contributed by atoms with van der Waals surface area (Å²) >= 11 is 12.1. The van der Waals surface area contributed by atoms with Gasteiger partial charge in [-0.15, -0.1) is 0 Å². The molecule has 1 aliphatic rings. The van der Waals surface area contributed by atoms with Crippen LogP contribution in [-0.4, -0.2) is 10.8 Å². The van der Waals surface area contributed by atoms with Crippen LogP contribution in [0.15, 0.2) is 36.4 Å². The summed E-state index contributed by atoms with van der Waals surface area (Å²) in [7, 11) is 0. The third-order valence-electron chi connectivity index (χ3n) is 3.60. The highest BCUT2D eigenvalue weighted by Crippen LogP contribution is 2.40. The maximum Gasteiger partial charge on any atom is 0.257 e. The first-order valence-corrected chi connectivity index (χ1v) is 7.21. The maximum absolute atomic E-state index is 13.0. The Morgan fingerprint density at radius 1 is 1.18 bits per heavy atom. The van der Waals surface area contributed by atoms with Crippen LogP contribution in [0.3, 0.4) is 0 Å². The first-order chi connectivity index (χ1) is 10.5. The van der Waals surface area contributed by atoms with E-state index in [0.29, 0.717) is 5.56 Å². The molecule has 0 aromatic heterocycles. The van der Waals surface area contributed by atoms with Crippen molar-refractivity contribution in [2.24, 2.45) is 0 Å². The second-order valence-electron chi connectivity index (χ2n) is 4.92. The normalized spacial score (nSPS) is 16.5. The van der Waals surface area contributed by atoms with Gasteiger partial charge in [0.2, 0.25) is 0 Å². The van der Waals surface area contributed by atoms with Crippen LogP contribution in [0.25, 0.3) is 0 Å². The maximum atomic E-state index is 13.0. The number of benzene rings is 2. The number of fused-ring (bicyclic) bond motifs is 1. The van der Waals surface area contributed by atoms with Crippen LogP contribution in [-0.2, 0) is 6.54 Å². The molecular weight excluding hydrogens is 326 g/mol. The molecular formula is C16H9Cl2FN2O. The molecule has 0 radical (unpaired) electrons. The van der Waals surface area contributed by atoms with Gasteiger partial charge in [0.05, 0.1) is 21.7 Å². The van der Waals surface area contributed by atoms with Gasteiger partial charge in [-0.2, -0.15) is 5.26 Å². The van der Waals surface area contributed by atoms with Gasteiger partial charge in [0.1, 0.15) is 11.9 Å². The number of nitriles is 1. The number of halogens is 3. The first kappa shape index (κ1) is 14.8. The Hall–Kier alpha value is -2.09. The van der Waals surface area contributed by atoms with Gasteiger partial charge < -0.3 is 4.90 Å². The zero-order valence-corrected chi connectivity index (χ0v) is 12.7. The molecule has 110 valence electrons. The molecule has 2 aromatic carbocycles. The quantitative estimate of drug-likeness (QED) is 0.819. The van der Waals surface area contributed by atoms with E-state index in [1.807, 2.05) is 0 Å². The van der Waals surface area contributed by atoms with Crippen molar-refractivity contribution in [3.05, 3.63) is 69.0 Å². The van der Waals surface area contributed by atoms with Gasteiger partial charge in [-0.05, 0) is 23.8 Å². The lowest BCUT2D eigenvalue weighted by Crippen LogP contribution is -2.26. The van der Waals surface area contributed by atoms with Gasteiger partial charge in [0.25, 0.3) is 5.91 Å². The summed E-state index contributed by atoms with van der Waals surface area (Å²) in [6, 6.07) is 10.4. The van der Waals surface area contributed by atoms with Gasteiger partial charge in [0.15, 0.2) is 0 Å². The molecule has 22 heavy (non-hydrogen) atoms. The summed E-state index contributed by atoms with van der Waals surface area (Å²) in [5.41, 5.74) is 1.54. The second-order valence-corrected chi connectivity index (χ2v) is 5.70. The van der Waals surface area contributed by atoms with E-state index in [0.717, 1.165) is 5.56 Å². The van der Waals surface area contributed by atoms with Gasteiger partial charge in [-0.1, -0.05) is 41.4 Å². The molecule has 2 aromatic rings. The minimum atomic E-state index is -0.734. The van der Waals surface area contributed by atoms with Gasteiger partial charge in [0, 0.05) is 12.1 Å². The number of nitrogens with zero attached hydrogens (tertiary/aromatic N) is 2. The Labute approximate surface area is 136 Å². The summed E-state index contributed by atoms with van der Waals surface area (Å²) in [5, 5.41) is 9.83. The second kappa shape index (κ2) is 5.60. The van der Waals surface area contributed by atoms with E-state index in [-0.39, 0.29) is 33.9 Å². The fraction of sp³-hybridized carbons (Fsp3) is 0.125. The van der Waals surface area contributed by atoms with Crippen molar-refractivity contribution in [2.75, 3.05) is 0 Å². The molecule has 0 N–H and O–H groups in total. The van der Waals surface area contributed by atoms with Crippen LogP contribution in [0, 0.1) is 17.1 Å². The highest BCUT2D eigenvalue weighted by Gasteiger charge is 2.39. The topological polar surface area (TPSA) is 44.1 Å². The third kappa shape index (κ3) is 2.33. The lowest BCUT2D eigenvalue weighted by Gasteiger charge is -2.20. The summed E-state index contributed by atoms with van der Waals surface area (Å²) in [4.78, 5) is 14.0. The average Bonchev–Trinajstić information content (AvgIpc) is 2.78. The van der Waals surface area contributed by atoms with Crippen molar-refractivity contribution in [3.8, 4) is 6.07 Å². The van der Waals surface area contributed by atoms with Crippen molar-refractivity contribution in [1.82, 2.24) is 4.90 Å². The Morgan fingerprint density at radius 2 is 1.86 bits per heavy atom. The molecule has 0 saturated heterocycles.